The molecule has 178 valence electrons. The summed E-state index contributed by atoms with van der Waals surface area (Å²) in [4.78, 5) is 29.3. The van der Waals surface area contributed by atoms with Crippen LogP contribution in [0.1, 0.15) is 47.8 Å². The monoisotopic (exact) mass is 467 g/mol. The number of benzene rings is 3. The summed E-state index contributed by atoms with van der Waals surface area (Å²) in [5, 5.41) is 0. The number of carbonyl (C=O) groups is 2. The average Bonchev–Trinajstić information content (AvgIpc) is 2.88. The van der Waals surface area contributed by atoms with Gasteiger partial charge in [0.15, 0.2) is 5.78 Å². The second kappa shape index (κ2) is 9.41. The van der Waals surface area contributed by atoms with Gasteiger partial charge in [-0.1, -0.05) is 48.5 Å². The van der Waals surface area contributed by atoms with Gasteiger partial charge in [-0.15, -0.1) is 0 Å². The fourth-order valence-corrected chi connectivity index (χ4v) is 5.44. The predicted molar refractivity (Wildman–Crippen MR) is 136 cm³/mol. The molecule has 1 amide bonds. The molecule has 2 aliphatic rings. The van der Waals surface area contributed by atoms with E-state index in [0.29, 0.717) is 24.3 Å². The van der Waals surface area contributed by atoms with E-state index in [2.05, 4.69) is 12.1 Å². The van der Waals surface area contributed by atoms with Gasteiger partial charge in [-0.2, -0.15) is 0 Å². The first-order valence-corrected chi connectivity index (χ1v) is 11.9. The number of anilines is 1. The average molecular weight is 468 g/mol. The summed E-state index contributed by atoms with van der Waals surface area (Å²) in [7, 11) is 3.21. The lowest BCUT2D eigenvalue weighted by atomic mass is 9.72. The molecule has 35 heavy (non-hydrogen) atoms. The van der Waals surface area contributed by atoms with Crippen LogP contribution in [0.25, 0.3) is 0 Å². The second-order valence-corrected chi connectivity index (χ2v) is 9.23. The standard InChI is InChI=1S/C30H29NO4/c1-19-8-7-11-22(14-19)31-26-15-21(20-9-5-4-6-10-20)16-27(32)30(26)25(18-29(31)33)24-13-12-23(34-2)17-28(24)35-3/h4-14,17,21,25H,15-16,18H2,1-3H3. The summed E-state index contributed by atoms with van der Waals surface area (Å²) in [5.74, 6) is 1.04. The minimum atomic E-state index is -0.358. The Bertz CT molecular complexity index is 1310. The zero-order valence-corrected chi connectivity index (χ0v) is 20.3. The van der Waals surface area contributed by atoms with Crippen molar-refractivity contribution in [1.82, 2.24) is 0 Å². The van der Waals surface area contributed by atoms with Gasteiger partial charge in [-0.3, -0.25) is 14.5 Å². The first kappa shape index (κ1) is 22.9. The third kappa shape index (κ3) is 4.23. The molecule has 0 spiro atoms. The van der Waals surface area contributed by atoms with E-state index in [1.165, 1.54) is 0 Å². The minimum Gasteiger partial charge on any atom is -0.497 e. The summed E-state index contributed by atoms with van der Waals surface area (Å²) in [6.45, 7) is 2.01. The number of ether oxygens (including phenoxy) is 2. The van der Waals surface area contributed by atoms with Crippen molar-refractivity contribution in [3.05, 3.63) is 101 Å². The Hall–Kier alpha value is -3.86. The molecule has 0 bridgehead atoms. The fraction of sp³-hybridized carbons (Fsp3) is 0.267. The molecule has 5 rings (SSSR count). The van der Waals surface area contributed by atoms with Crippen LogP contribution in [-0.2, 0) is 9.59 Å². The van der Waals surface area contributed by atoms with E-state index < -0.39 is 0 Å². The summed E-state index contributed by atoms with van der Waals surface area (Å²) in [5.41, 5.74) is 5.36. The SMILES string of the molecule is COc1ccc(C2CC(=O)N(c3cccc(C)c3)C3=C2C(=O)CC(c2ccccc2)C3)c(OC)c1. The lowest BCUT2D eigenvalue weighted by molar-refractivity contribution is -0.120. The number of aryl methyl sites for hydroxylation is 1. The van der Waals surface area contributed by atoms with Gasteiger partial charge >= 0.3 is 0 Å². The van der Waals surface area contributed by atoms with E-state index in [9.17, 15) is 9.59 Å². The van der Waals surface area contributed by atoms with Gasteiger partial charge in [0, 0.05) is 47.3 Å². The van der Waals surface area contributed by atoms with Crippen LogP contribution in [0.5, 0.6) is 11.5 Å². The molecule has 0 N–H and O–H groups in total. The molecule has 0 radical (unpaired) electrons. The van der Waals surface area contributed by atoms with Crippen molar-refractivity contribution >= 4 is 17.4 Å². The highest BCUT2D eigenvalue weighted by molar-refractivity contribution is 6.08. The van der Waals surface area contributed by atoms with Gasteiger partial charge in [0.2, 0.25) is 5.91 Å². The Kier molecular flexibility index (Phi) is 6.16. The Morgan fingerprint density at radius 2 is 1.63 bits per heavy atom. The lowest BCUT2D eigenvalue weighted by Gasteiger charge is -2.40. The van der Waals surface area contributed by atoms with Crippen molar-refractivity contribution in [3.8, 4) is 11.5 Å². The molecule has 5 heteroatoms. The third-order valence-corrected chi connectivity index (χ3v) is 7.08. The summed E-state index contributed by atoms with van der Waals surface area (Å²) in [6.07, 6.45) is 1.25. The highest BCUT2D eigenvalue weighted by Gasteiger charge is 2.43. The third-order valence-electron chi connectivity index (χ3n) is 7.08. The van der Waals surface area contributed by atoms with Crippen LogP contribution in [0.3, 0.4) is 0 Å². The molecule has 0 saturated heterocycles. The molecule has 0 aromatic heterocycles. The molecule has 1 heterocycles. The van der Waals surface area contributed by atoms with Crippen molar-refractivity contribution in [2.45, 2.75) is 38.0 Å². The number of hydrogen-bond acceptors (Lipinski definition) is 4. The fourth-order valence-electron chi connectivity index (χ4n) is 5.44. The number of ketones is 1. The number of hydrogen-bond donors (Lipinski definition) is 0. The minimum absolute atomic E-state index is 0.0151. The maximum Gasteiger partial charge on any atom is 0.232 e. The van der Waals surface area contributed by atoms with Crippen LogP contribution in [0.15, 0.2) is 84.1 Å². The second-order valence-electron chi connectivity index (χ2n) is 9.23. The number of amides is 1. The molecule has 3 aromatic carbocycles. The highest BCUT2D eigenvalue weighted by Crippen LogP contribution is 2.48. The molecular formula is C30H29NO4. The molecule has 3 aromatic rings. The van der Waals surface area contributed by atoms with Crippen molar-refractivity contribution in [3.63, 3.8) is 0 Å². The number of Topliss-reactive ketones (excluding diaryl/α,β-unsaturated/α-hetero) is 1. The Morgan fingerprint density at radius 1 is 0.829 bits per heavy atom. The van der Waals surface area contributed by atoms with Gasteiger partial charge in [-0.25, -0.2) is 0 Å². The van der Waals surface area contributed by atoms with Crippen LogP contribution < -0.4 is 14.4 Å². The molecule has 1 aliphatic heterocycles. The molecular weight excluding hydrogens is 438 g/mol. The quantitative estimate of drug-likeness (QED) is 0.466. The van der Waals surface area contributed by atoms with E-state index in [1.54, 1.807) is 19.1 Å². The van der Waals surface area contributed by atoms with E-state index in [1.807, 2.05) is 67.6 Å². The predicted octanol–water partition coefficient (Wildman–Crippen LogP) is 5.93. The molecule has 2 unspecified atom stereocenters. The number of rotatable bonds is 5. The van der Waals surface area contributed by atoms with Gasteiger partial charge in [0.1, 0.15) is 11.5 Å². The van der Waals surface area contributed by atoms with Gasteiger partial charge < -0.3 is 9.47 Å². The van der Waals surface area contributed by atoms with Gasteiger partial charge in [0.05, 0.1) is 14.2 Å². The normalized spacial score (nSPS) is 20.0. The van der Waals surface area contributed by atoms with Crippen molar-refractivity contribution < 1.29 is 19.1 Å². The lowest BCUT2D eigenvalue weighted by Crippen LogP contribution is -2.42. The van der Waals surface area contributed by atoms with E-state index >= 15 is 0 Å². The van der Waals surface area contributed by atoms with Gasteiger partial charge in [0.25, 0.3) is 0 Å². The van der Waals surface area contributed by atoms with Gasteiger partial charge in [-0.05, 0) is 48.6 Å². The first-order valence-electron chi connectivity index (χ1n) is 11.9. The molecule has 1 aliphatic carbocycles. The van der Waals surface area contributed by atoms with Crippen LogP contribution in [0.2, 0.25) is 0 Å². The summed E-state index contributed by atoms with van der Waals surface area (Å²) in [6, 6.07) is 23.6. The molecule has 0 saturated carbocycles. The van der Waals surface area contributed by atoms with Crippen molar-refractivity contribution in [2.24, 2.45) is 0 Å². The summed E-state index contributed by atoms with van der Waals surface area (Å²) < 4.78 is 11.0. The Morgan fingerprint density at radius 3 is 2.34 bits per heavy atom. The van der Waals surface area contributed by atoms with E-state index in [4.69, 9.17) is 9.47 Å². The maximum absolute atomic E-state index is 13.8. The molecule has 2 atom stereocenters. The smallest absolute Gasteiger partial charge is 0.232 e. The molecule has 5 nitrogen and oxygen atoms in total. The van der Waals surface area contributed by atoms with E-state index in [0.717, 1.165) is 33.6 Å². The van der Waals surface area contributed by atoms with Crippen molar-refractivity contribution in [1.29, 1.82) is 0 Å². The number of methoxy groups -OCH3 is 2. The zero-order chi connectivity index (χ0) is 24.5. The highest BCUT2D eigenvalue weighted by atomic mass is 16.5. The van der Waals surface area contributed by atoms with Crippen LogP contribution >= 0.6 is 0 Å². The number of nitrogens with zero attached hydrogens (tertiary/aromatic N) is 1. The Labute approximate surface area is 206 Å². The van der Waals surface area contributed by atoms with Crippen LogP contribution in [0.4, 0.5) is 5.69 Å². The molecule has 0 fully saturated rings. The van der Waals surface area contributed by atoms with Crippen LogP contribution in [0, 0.1) is 6.92 Å². The number of allylic oxidation sites excluding steroid dienone is 2. The largest absolute Gasteiger partial charge is 0.497 e. The maximum atomic E-state index is 13.8. The Balaban J connectivity index is 1.67. The first-order chi connectivity index (χ1) is 17.0. The topological polar surface area (TPSA) is 55.8 Å². The van der Waals surface area contributed by atoms with E-state index in [-0.39, 0.29) is 29.9 Å². The zero-order valence-electron chi connectivity index (χ0n) is 20.3. The summed E-state index contributed by atoms with van der Waals surface area (Å²) >= 11 is 0. The number of carbonyl (C=O) groups excluding carboxylic acids is 2. The van der Waals surface area contributed by atoms with Crippen LogP contribution in [-0.4, -0.2) is 25.9 Å². The van der Waals surface area contributed by atoms with Crippen molar-refractivity contribution in [2.75, 3.05) is 19.1 Å².